The zero-order valence-electron chi connectivity index (χ0n) is 10.5. The Hall–Kier alpha value is -1.92. The van der Waals surface area contributed by atoms with E-state index in [2.05, 4.69) is 9.97 Å². The van der Waals surface area contributed by atoms with Crippen molar-refractivity contribution < 1.29 is 9.90 Å². The van der Waals surface area contributed by atoms with E-state index in [1.807, 2.05) is 36.6 Å². The molecule has 3 aromatic rings. The molecule has 0 aliphatic carbocycles. The molecule has 0 saturated carbocycles. The van der Waals surface area contributed by atoms with Gasteiger partial charge in [0.1, 0.15) is 0 Å². The quantitative estimate of drug-likeness (QED) is 0.796. The molecule has 2 heterocycles. The first kappa shape index (κ1) is 13.1. The predicted octanol–water partition coefficient (Wildman–Crippen LogP) is 3.85. The number of pyridine rings is 1. The maximum atomic E-state index is 11.4. The summed E-state index contributed by atoms with van der Waals surface area (Å²) >= 11 is 2.89. The molecule has 0 spiro atoms. The number of carboxylic acid groups (broad SMARTS) is 1. The molecule has 0 saturated heterocycles. The molecule has 20 heavy (non-hydrogen) atoms. The van der Waals surface area contributed by atoms with Crippen LogP contribution < -0.4 is 0 Å². The van der Waals surface area contributed by atoms with Crippen LogP contribution in [-0.4, -0.2) is 21.0 Å². The van der Waals surface area contributed by atoms with E-state index in [1.54, 1.807) is 0 Å². The summed E-state index contributed by atoms with van der Waals surface area (Å²) in [5.74, 6) is -0.973. The lowest BCUT2D eigenvalue weighted by atomic mass is 10.1. The third kappa shape index (κ3) is 2.39. The van der Waals surface area contributed by atoms with Gasteiger partial charge in [-0.25, -0.2) is 9.78 Å². The smallest absolute Gasteiger partial charge is 0.338 e. The van der Waals surface area contributed by atoms with Gasteiger partial charge in [-0.2, -0.15) is 0 Å². The number of nitrogens with zero attached hydrogens (tertiary/aromatic N) is 2. The Bertz CT molecular complexity index is 799. The molecule has 3 rings (SSSR count). The van der Waals surface area contributed by atoms with Gasteiger partial charge in [-0.3, -0.25) is 4.98 Å². The molecule has 6 heteroatoms. The predicted molar refractivity (Wildman–Crippen MR) is 79.7 cm³/mol. The largest absolute Gasteiger partial charge is 0.478 e. The highest BCUT2D eigenvalue weighted by molar-refractivity contribution is 8.01. The summed E-state index contributed by atoms with van der Waals surface area (Å²) in [6.45, 7) is 1.92. The van der Waals surface area contributed by atoms with E-state index in [-0.39, 0.29) is 5.56 Å². The molecule has 0 atom stereocenters. The summed E-state index contributed by atoms with van der Waals surface area (Å²) in [5, 5.41) is 12.1. The molecule has 0 amide bonds. The third-order valence-corrected chi connectivity index (χ3v) is 4.94. The molecule has 0 radical (unpaired) electrons. The van der Waals surface area contributed by atoms with E-state index in [4.69, 9.17) is 0 Å². The van der Waals surface area contributed by atoms with E-state index >= 15 is 0 Å². The lowest BCUT2D eigenvalue weighted by molar-refractivity contribution is 0.0693. The molecule has 0 bridgehead atoms. The Morgan fingerprint density at radius 3 is 2.85 bits per heavy atom. The molecule has 0 aliphatic rings. The highest BCUT2D eigenvalue weighted by Gasteiger charge is 2.16. The van der Waals surface area contributed by atoms with Gasteiger partial charge in [0.15, 0.2) is 4.34 Å². The van der Waals surface area contributed by atoms with Gasteiger partial charge < -0.3 is 5.11 Å². The number of hydrogen-bond acceptors (Lipinski definition) is 5. The Kier molecular flexibility index (Phi) is 3.42. The van der Waals surface area contributed by atoms with Crippen LogP contribution >= 0.6 is 23.1 Å². The second kappa shape index (κ2) is 5.22. The number of aryl methyl sites for hydroxylation is 1. The highest BCUT2D eigenvalue weighted by Crippen LogP contribution is 2.37. The van der Waals surface area contributed by atoms with Gasteiger partial charge in [0.2, 0.25) is 0 Å². The second-order valence-electron chi connectivity index (χ2n) is 4.18. The van der Waals surface area contributed by atoms with Crippen molar-refractivity contribution in [2.24, 2.45) is 0 Å². The molecule has 1 N–H and O–H groups in total. The lowest BCUT2D eigenvalue weighted by Gasteiger charge is -2.07. The first-order valence-electron chi connectivity index (χ1n) is 5.86. The fraction of sp³-hybridized carbons (Fsp3) is 0.0714. The molecule has 2 aromatic heterocycles. The fourth-order valence-corrected chi connectivity index (χ4v) is 3.85. The van der Waals surface area contributed by atoms with E-state index in [0.717, 1.165) is 20.9 Å². The second-order valence-corrected chi connectivity index (χ2v) is 6.30. The van der Waals surface area contributed by atoms with E-state index in [1.165, 1.54) is 29.3 Å². The first-order valence-corrected chi connectivity index (χ1v) is 7.56. The molecule has 0 unspecified atom stereocenters. The van der Waals surface area contributed by atoms with Gasteiger partial charge in [0.25, 0.3) is 0 Å². The standard InChI is InChI=1S/C14H10N2O2S2/c1-8-7-19-14(16-8)20-12-9-4-2-3-5-11(9)15-6-10(12)13(17)18/h2-7H,1H3,(H,17,18). The summed E-state index contributed by atoms with van der Waals surface area (Å²) in [5.41, 5.74) is 1.93. The summed E-state index contributed by atoms with van der Waals surface area (Å²) in [6, 6.07) is 7.53. The van der Waals surface area contributed by atoms with Crippen molar-refractivity contribution in [2.45, 2.75) is 16.2 Å². The van der Waals surface area contributed by atoms with Gasteiger partial charge in [-0.15, -0.1) is 11.3 Å². The lowest BCUT2D eigenvalue weighted by Crippen LogP contribution is -2.00. The van der Waals surface area contributed by atoms with Crippen LogP contribution in [0.3, 0.4) is 0 Å². The van der Waals surface area contributed by atoms with Crippen LogP contribution in [0.4, 0.5) is 0 Å². The van der Waals surface area contributed by atoms with Crippen molar-refractivity contribution in [3.05, 3.63) is 47.1 Å². The monoisotopic (exact) mass is 302 g/mol. The van der Waals surface area contributed by atoms with Crippen LogP contribution in [0.2, 0.25) is 0 Å². The number of rotatable bonds is 3. The Balaban J connectivity index is 2.19. The molecule has 0 aliphatic heterocycles. The molecule has 100 valence electrons. The zero-order valence-corrected chi connectivity index (χ0v) is 12.2. The minimum absolute atomic E-state index is 0.210. The summed E-state index contributed by atoms with van der Waals surface area (Å²) in [6.07, 6.45) is 1.41. The molecule has 0 fully saturated rings. The Morgan fingerprint density at radius 1 is 1.35 bits per heavy atom. The maximum Gasteiger partial charge on any atom is 0.338 e. The topological polar surface area (TPSA) is 63.1 Å². The summed E-state index contributed by atoms with van der Waals surface area (Å²) in [7, 11) is 0. The fourth-order valence-electron chi connectivity index (χ4n) is 1.84. The van der Waals surface area contributed by atoms with Crippen LogP contribution in [0, 0.1) is 6.92 Å². The van der Waals surface area contributed by atoms with E-state index in [0.29, 0.717) is 4.90 Å². The van der Waals surface area contributed by atoms with Crippen LogP contribution in [-0.2, 0) is 0 Å². The van der Waals surface area contributed by atoms with Gasteiger partial charge >= 0.3 is 5.97 Å². The van der Waals surface area contributed by atoms with Gasteiger partial charge in [-0.05, 0) is 13.0 Å². The van der Waals surface area contributed by atoms with Crippen molar-refractivity contribution >= 4 is 40.0 Å². The van der Waals surface area contributed by atoms with Crippen molar-refractivity contribution in [3.63, 3.8) is 0 Å². The maximum absolute atomic E-state index is 11.4. The number of para-hydroxylation sites is 1. The van der Waals surface area contributed by atoms with Gasteiger partial charge in [-0.1, -0.05) is 30.0 Å². The Morgan fingerprint density at radius 2 is 2.15 bits per heavy atom. The van der Waals surface area contributed by atoms with Crippen LogP contribution in [0.15, 0.2) is 45.1 Å². The average molecular weight is 302 g/mol. The number of benzene rings is 1. The number of aromatic carboxylic acids is 1. The van der Waals surface area contributed by atoms with Crippen molar-refractivity contribution in [1.82, 2.24) is 9.97 Å². The minimum atomic E-state index is -0.973. The SMILES string of the molecule is Cc1csc(Sc2c(C(=O)O)cnc3ccccc23)n1. The van der Waals surface area contributed by atoms with Crippen molar-refractivity contribution in [1.29, 1.82) is 0 Å². The van der Waals surface area contributed by atoms with Crippen LogP contribution in [0.25, 0.3) is 10.9 Å². The zero-order chi connectivity index (χ0) is 14.1. The molecular formula is C14H10N2O2S2. The summed E-state index contributed by atoms with van der Waals surface area (Å²) < 4.78 is 0.835. The van der Waals surface area contributed by atoms with E-state index in [9.17, 15) is 9.90 Å². The number of carbonyl (C=O) groups is 1. The number of hydrogen-bond donors (Lipinski definition) is 1. The van der Waals surface area contributed by atoms with Crippen LogP contribution in [0.5, 0.6) is 0 Å². The first-order chi connectivity index (χ1) is 9.65. The highest BCUT2D eigenvalue weighted by atomic mass is 32.2. The normalized spacial score (nSPS) is 10.8. The number of aromatic nitrogens is 2. The average Bonchev–Trinajstić information content (AvgIpc) is 2.84. The molecule has 1 aromatic carbocycles. The van der Waals surface area contributed by atoms with E-state index < -0.39 is 5.97 Å². The Labute approximate surface area is 123 Å². The van der Waals surface area contributed by atoms with Crippen molar-refractivity contribution in [3.8, 4) is 0 Å². The van der Waals surface area contributed by atoms with Crippen LogP contribution in [0.1, 0.15) is 16.1 Å². The number of carboxylic acids is 1. The minimum Gasteiger partial charge on any atom is -0.478 e. The third-order valence-electron chi connectivity index (χ3n) is 2.74. The van der Waals surface area contributed by atoms with Crippen molar-refractivity contribution in [2.75, 3.05) is 0 Å². The number of thiazole rings is 1. The van der Waals surface area contributed by atoms with Gasteiger partial charge in [0, 0.05) is 27.6 Å². The summed E-state index contributed by atoms with van der Waals surface area (Å²) in [4.78, 5) is 20.7. The number of fused-ring (bicyclic) bond motifs is 1. The molecule has 4 nitrogen and oxygen atoms in total. The molecular weight excluding hydrogens is 292 g/mol. The van der Waals surface area contributed by atoms with Gasteiger partial charge in [0.05, 0.1) is 11.1 Å².